The molecule has 1 N–H and O–H groups in total. The molecule has 0 unspecified atom stereocenters. The van der Waals surface area contributed by atoms with Gasteiger partial charge in [-0.2, -0.15) is 0 Å². The van der Waals surface area contributed by atoms with E-state index in [1.54, 1.807) is 18.2 Å². The molecule has 0 aliphatic carbocycles. The molecule has 0 saturated heterocycles. The minimum absolute atomic E-state index is 0.0429. The molecule has 0 spiro atoms. The van der Waals surface area contributed by atoms with Crippen molar-refractivity contribution in [3.63, 3.8) is 0 Å². The number of hydrogen-bond acceptors (Lipinski definition) is 7. The van der Waals surface area contributed by atoms with Gasteiger partial charge in [0.05, 0.1) is 12.7 Å². The van der Waals surface area contributed by atoms with Gasteiger partial charge in [0, 0.05) is 25.0 Å². The summed E-state index contributed by atoms with van der Waals surface area (Å²) in [6.07, 6.45) is 3.74. The first kappa shape index (κ1) is 22.6. The van der Waals surface area contributed by atoms with Crippen molar-refractivity contribution in [2.24, 2.45) is 5.92 Å². The van der Waals surface area contributed by atoms with Crippen LogP contribution in [0.5, 0.6) is 0 Å². The number of allylic oxidation sites excluding steroid dienone is 1. The van der Waals surface area contributed by atoms with Crippen molar-refractivity contribution in [1.82, 2.24) is 0 Å². The predicted octanol–water partition coefficient (Wildman–Crippen LogP) is 2.95. The van der Waals surface area contributed by atoms with E-state index in [4.69, 9.17) is 18.9 Å². The number of esters is 2. The van der Waals surface area contributed by atoms with Crippen LogP contribution in [0.3, 0.4) is 0 Å². The molecular weight excluding hydrogens is 376 g/mol. The molecule has 1 heterocycles. The number of aliphatic hydroxyl groups excluding tert-OH is 1. The van der Waals surface area contributed by atoms with Crippen LogP contribution in [-0.2, 0) is 23.7 Å². The Labute approximate surface area is 170 Å². The molecule has 1 aliphatic heterocycles. The normalized spacial score (nSPS) is 20.9. The molecule has 7 heteroatoms. The average Bonchev–Trinajstić information content (AvgIpc) is 2.75. The zero-order valence-electron chi connectivity index (χ0n) is 16.8. The van der Waals surface area contributed by atoms with Crippen molar-refractivity contribution in [2.45, 2.75) is 32.0 Å². The molecule has 158 valence electrons. The summed E-state index contributed by atoms with van der Waals surface area (Å²) in [7, 11) is 1.33. The van der Waals surface area contributed by atoms with Crippen molar-refractivity contribution in [3.05, 3.63) is 59.9 Å². The standard InChI is InChI=1S/C22H28O7/c1-4-13-28-21(25)19-14-18(15-8-10-16(11-9-15)20(24)26-3)17(7-6-12-23)22(29-19)27-5-2/h4,8-11,14,17-18,22-23H,1,5-7,12-13H2,2-3H3/t17-,18-,22-/m0/s1. The molecule has 1 aliphatic rings. The van der Waals surface area contributed by atoms with Crippen LogP contribution in [0.15, 0.2) is 48.8 Å². The summed E-state index contributed by atoms with van der Waals surface area (Å²) in [5.74, 6) is -1.28. The highest BCUT2D eigenvalue weighted by Crippen LogP contribution is 2.39. The molecule has 2 rings (SSSR count). The Kier molecular flexibility index (Phi) is 8.89. The number of carbonyl (C=O) groups excluding carboxylic acids is 2. The lowest BCUT2D eigenvalue weighted by molar-refractivity contribution is -0.175. The van der Waals surface area contributed by atoms with Gasteiger partial charge in [-0.05, 0) is 43.5 Å². The van der Waals surface area contributed by atoms with Crippen LogP contribution < -0.4 is 0 Å². The van der Waals surface area contributed by atoms with Gasteiger partial charge in [0.1, 0.15) is 6.61 Å². The van der Waals surface area contributed by atoms with E-state index in [-0.39, 0.29) is 30.8 Å². The van der Waals surface area contributed by atoms with Gasteiger partial charge in [-0.15, -0.1) is 0 Å². The van der Waals surface area contributed by atoms with Crippen LogP contribution >= 0.6 is 0 Å². The Bertz CT molecular complexity index is 723. The zero-order chi connectivity index (χ0) is 21.2. The molecule has 0 saturated carbocycles. The Balaban J connectivity index is 2.39. The third-order valence-electron chi connectivity index (χ3n) is 4.66. The highest BCUT2D eigenvalue weighted by atomic mass is 16.7. The Morgan fingerprint density at radius 2 is 1.97 bits per heavy atom. The van der Waals surface area contributed by atoms with Crippen molar-refractivity contribution in [2.75, 3.05) is 26.9 Å². The summed E-state index contributed by atoms with van der Waals surface area (Å²) < 4.78 is 21.4. The number of carbonyl (C=O) groups is 2. The topological polar surface area (TPSA) is 91.3 Å². The molecule has 0 radical (unpaired) electrons. The summed E-state index contributed by atoms with van der Waals surface area (Å²) in [4.78, 5) is 24.1. The third kappa shape index (κ3) is 5.92. The predicted molar refractivity (Wildman–Crippen MR) is 106 cm³/mol. The Morgan fingerprint density at radius 3 is 2.55 bits per heavy atom. The van der Waals surface area contributed by atoms with Gasteiger partial charge in [0.25, 0.3) is 0 Å². The molecule has 0 amide bonds. The lowest BCUT2D eigenvalue weighted by atomic mass is 9.80. The molecule has 1 aromatic rings. The van der Waals surface area contributed by atoms with Gasteiger partial charge in [0.15, 0.2) is 0 Å². The quantitative estimate of drug-likeness (QED) is 0.473. The maximum absolute atomic E-state index is 12.4. The van der Waals surface area contributed by atoms with Gasteiger partial charge in [0.2, 0.25) is 12.0 Å². The van der Waals surface area contributed by atoms with E-state index < -0.39 is 18.2 Å². The van der Waals surface area contributed by atoms with E-state index in [0.717, 1.165) is 5.56 Å². The van der Waals surface area contributed by atoms with Gasteiger partial charge >= 0.3 is 11.9 Å². The summed E-state index contributed by atoms with van der Waals surface area (Å²) in [6.45, 7) is 5.91. The van der Waals surface area contributed by atoms with E-state index in [1.807, 2.05) is 19.1 Å². The first-order valence-electron chi connectivity index (χ1n) is 9.62. The molecule has 7 nitrogen and oxygen atoms in total. The van der Waals surface area contributed by atoms with Crippen LogP contribution in [0.4, 0.5) is 0 Å². The molecule has 0 bridgehead atoms. The van der Waals surface area contributed by atoms with Gasteiger partial charge in [-0.3, -0.25) is 0 Å². The maximum Gasteiger partial charge on any atom is 0.373 e. The van der Waals surface area contributed by atoms with E-state index >= 15 is 0 Å². The number of hydrogen-bond donors (Lipinski definition) is 1. The summed E-state index contributed by atoms with van der Waals surface area (Å²) in [5.41, 5.74) is 1.33. The highest BCUT2D eigenvalue weighted by molar-refractivity contribution is 5.89. The fraction of sp³-hybridized carbons (Fsp3) is 0.455. The van der Waals surface area contributed by atoms with Crippen LogP contribution in [0.1, 0.15) is 41.6 Å². The van der Waals surface area contributed by atoms with Crippen LogP contribution in [-0.4, -0.2) is 50.3 Å². The van der Waals surface area contributed by atoms with Gasteiger partial charge in [-0.25, -0.2) is 9.59 Å². The van der Waals surface area contributed by atoms with E-state index in [1.165, 1.54) is 13.2 Å². The molecule has 29 heavy (non-hydrogen) atoms. The molecule has 0 aromatic heterocycles. The smallest absolute Gasteiger partial charge is 0.373 e. The maximum atomic E-state index is 12.4. The second-order valence-electron chi connectivity index (χ2n) is 6.53. The van der Waals surface area contributed by atoms with Crippen molar-refractivity contribution in [3.8, 4) is 0 Å². The number of methoxy groups -OCH3 is 1. The van der Waals surface area contributed by atoms with Crippen molar-refractivity contribution >= 4 is 11.9 Å². The minimum Gasteiger partial charge on any atom is -0.465 e. The van der Waals surface area contributed by atoms with Crippen molar-refractivity contribution < 1.29 is 33.6 Å². The van der Waals surface area contributed by atoms with E-state index in [2.05, 4.69) is 6.58 Å². The summed E-state index contributed by atoms with van der Waals surface area (Å²) in [5, 5.41) is 9.30. The van der Waals surface area contributed by atoms with E-state index in [9.17, 15) is 14.7 Å². The highest BCUT2D eigenvalue weighted by Gasteiger charge is 2.38. The summed E-state index contributed by atoms with van der Waals surface area (Å²) >= 11 is 0. The zero-order valence-corrected chi connectivity index (χ0v) is 16.8. The second kappa shape index (κ2) is 11.4. The van der Waals surface area contributed by atoms with Crippen LogP contribution in [0, 0.1) is 5.92 Å². The van der Waals surface area contributed by atoms with E-state index in [0.29, 0.717) is 25.0 Å². The second-order valence-corrected chi connectivity index (χ2v) is 6.53. The Hall–Kier alpha value is -2.64. The molecule has 1 aromatic carbocycles. The molecular formula is C22H28O7. The fourth-order valence-electron chi connectivity index (χ4n) is 3.30. The number of aliphatic hydroxyl groups is 1. The lowest BCUT2D eigenvalue weighted by Gasteiger charge is -2.36. The molecule has 0 fully saturated rings. The number of benzene rings is 1. The average molecular weight is 404 g/mol. The Morgan fingerprint density at radius 1 is 1.24 bits per heavy atom. The van der Waals surface area contributed by atoms with Crippen LogP contribution in [0.25, 0.3) is 0 Å². The lowest BCUT2D eigenvalue weighted by Crippen LogP contribution is -2.36. The van der Waals surface area contributed by atoms with Gasteiger partial charge < -0.3 is 24.1 Å². The largest absolute Gasteiger partial charge is 0.465 e. The van der Waals surface area contributed by atoms with Crippen LogP contribution in [0.2, 0.25) is 0 Å². The van der Waals surface area contributed by atoms with Crippen molar-refractivity contribution in [1.29, 1.82) is 0 Å². The third-order valence-corrected chi connectivity index (χ3v) is 4.66. The number of ether oxygens (including phenoxy) is 4. The monoisotopic (exact) mass is 404 g/mol. The fourth-order valence-corrected chi connectivity index (χ4v) is 3.30. The minimum atomic E-state index is -0.659. The first-order valence-corrected chi connectivity index (χ1v) is 9.62. The SMILES string of the molecule is C=CCOC(=O)C1=C[C@@H](c2ccc(C(=O)OC)cc2)[C@H](CCCO)[C@@H](OCC)O1. The molecule has 3 atom stereocenters. The van der Waals surface area contributed by atoms with Gasteiger partial charge in [-0.1, -0.05) is 24.8 Å². The number of rotatable bonds is 10. The summed E-state index contributed by atoms with van der Waals surface area (Å²) in [6, 6.07) is 7.00. The first-order chi connectivity index (χ1) is 14.0.